The molecular weight excluding hydrogens is 360 g/mol. The van der Waals surface area contributed by atoms with Crippen molar-refractivity contribution < 1.29 is 9.59 Å². The maximum Gasteiger partial charge on any atom is 0.198 e. The predicted octanol–water partition coefficient (Wildman–Crippen LogP) is 5.54. The van der Waals surface area contributed by atoms with Crippen LogP contribution in [0.1, 0.15) is 27.9 Å². The van der Waals surface area contributed by atoms with Crippen LogP contribution in [0.3, 0.4) is 0 Å². The Balaban J connectivity index is 1.93. The monoisotopic (exact) mass is 380 g/mol. The maximum absolute atomic E-state index is 13.1. The minimum Gasteiger partial charge on any atom is -0.289 e. The number of thioether (sulfide) groups is 2. The fourth-order valence-corrected chi connectivity index (χ4v) is 5.19. The van der Waals surface area contributed by atoms with Crippen LogP contribution in [0.5, 0.6) is 0 Å². The van der Waals surface area contributed by atoms with Gasteiger partial charge in [0.15, 0.2) is 11.6 Å². The second-order valence-electron chi connectivity index (χ2n) is 6.02. The summed E-state index contributed by atoms with van der Waals surface area (Å²) in [7, 11) is 0. The SMILES string of the molecule is Cc1ccc(C(=O)C(C(=O)/C=C/c2ccccc2)=C2SCCCS2)cc1. The molecule has 26 heavy (non-hydrogen) atoms. The van der Waals surface area contributed by atoms with Gasteiger partial charge in [0.05, 0.1) is 9.81 Å². The van der Waals surface area contributed by atoms with Crippen LogP contribution in [0.2, 0.25) is 0 Å². The summed E-state index contributed by atoms with van der Waals surface area (Å²) in [6.07, 6.45) is 4.38. The summed E-state index contributed by atoms with van der Waals surface area (Å²) in [5.74, 6) is 1.48. The molecule has 3 rings (SSSR count). The zero-order chi connectivity index (χ0) is 18.4. The third-order valence-electron chi connectivity index (χ3n) is 3.97. The van der Waals surface area contributed by atoms with E-state index in [2.05, 4.69) is 0 Å². The Morgan fingerprint density at radius 3 is 2.23 bits per heavy atom. The largest absolute Gasteiger partial charge is 0.289 e. The molecule has 2 aromatic carbocycles. The number of benzene rings is 2. The third kappa shape index (κ3) is 4.77. The zero-order valence-corrected chi connectivity index (χ0v) is 16.2. The van der Waals surface area contributed by atoms with E-state index in [1.165, 1.54) is 6.08 Å². The van der Waals surface area contributed by atoms with Gasteiger partial charge < -0.3 is 0 Å². The summed E-state index contributed by atoms with van der Waals surface area (Å²) in [6.45, 7) is 1.98. The van der Waals surface area contributed by atoms with Gasteiger partial charge in [-0.3, -0.25) is 9.59 Å². The number of carbonyl (C=O) groups excluding carboxylic acids is 2. The summed E-state index contributed by atoms with van der Waals surface area (Å²) in [6, 6.07) is 17.0. The van der Waals surface area contributed by atoms with Crippen LogP contribution in [0, 0.1) is 6.92 Å². The Morgan fingerprint density at radius 2 is 1.58 bits per heavy atom. The predicted molar refractivity (Wildman–Crippen MR) is 113 cm³/mol. The van der Waals surface area contributed by atoms with E-state index in [0.717, 1.165) is 33.3 Å². The molecule has 0 atom stereocenters. The molecule has 0 unspecified atom stereocenters. The number of allylic oxidation sites excluding steroid dienone is 2. The fraction of sp³-hybridized carbons (Fsp3) is 0.182. The van der Waals surface area contributed by atoms with Gasteiger partial charge in [-0.25, -0.2) is 0 Å². The number of aryl methyl sites for hydroxylation is 1. The Morgan fingerprint density at radius 1 is 0.923 bits per heavy atom. The highest BCUT2D eigenvalue weighted by Crippen LogP contribution is 2.38. The quantitative estimate of drug-likeness (QED) is 0.295. The van der Waals surface area contributed by atoms with Crippen molar-refractivity contribution in [1.29, 1.82) is 0 Å². The molecule has 2 aromatic rings. The molecule has 0 aromatic heterocycles. The summed E-state index contributed by atoms with van der Waals surface area (Å²) in [5, 5.41) is 0. The molecule has 0 spiro atoms. The van der Waals surface area contributed by atoms with Crippen LogP contribution in [-0.4, -0.2) is 23.1 Å². The van der Waals surface area contributed by atoms with E-state index < -0.39 is 0 Å². The van der Waals surface area contributed by atoms with E-state index in [1.54, 1.807) is 41.7 Å². The normalized spacial score (nSPS) is 14.4. The molecule has 1 saturated heterocycles. The number of ketones is 2. The molecule has 0 aliphatic carbocycles. The minimum atomic E-state index is -0.226. The first-order valence-corrected chi connectivity index (χ1v) is 10.5. The van der Waals surface area contributed by atoms with Crippen molar-refractivity contribution >= 4 is 41.2 Å². The van der Waals surface area contributed by atoms with Gasteiger partial charge >= 0.3 is 0 Å². The van der Waals surface area contributed by atoms with Gasteiger partial charge in [0.25, 0.3) is 0 Å². The van der Waals surface area contributed by atoms with Gasteiger partial charge in [-0.05, 0) is 36.5 Å². The van der Waals surface area contributed by atoms with Crippen molar-refractivity contribution in [3.8, 4) is 0 Å². The highest BCUT2D eigenvalue weighted by atomic mass is 32.2. The number of Topliss-reactive ketones (excluding diaryl/α,β-unsaturated/α-hetero) is 1. The molecule has 0 bridgehead atoms. The van der Waals surface area contributed by atoms with Crippen molar-refractivity contribution in [2.45, 2.75) is 13.3 Å². The van der Waals surface area contributed by atoms with Crippen molar-refractivity contribution in [2.75, 3.05) is 11.5 Å². The lowest BCUT2D eigenvalue weighted by molar-refractivity contribution is -0.111. The van der Waals surface area contributed by atoms with E-state index in [0.29, 0.717) is 11.1 Å². The van der Waals surface area contributed by atoms with Crippen LogP contribution in [0.4, 0.5) is 0 Å². The van der Waals surface area contributed by atoms with Gasteiger partial charge in [-0.1, -0.05) is 66.2 Å². The molecule has 0 saturated carbocycles. The first kappa shape index (κ1) is 18.7. The summed E-state index contributed by atoms with van der Waals surface area (Å²) in [5.41, 5.74) is 2.89. The average Bonchev–Trinajstić information content (AvgIpc) is 2.69. The van der Waals surface area contributed by atoms with E-state index in [4.69, 9.17) is 0 Å². The Hall–Kier alpha value is -2.04. The topological polar surface area (TPSA) is 34.1 Å². The zero-order valence-electron chi connectivity index (χ0n) is 14.6. The highest BCUT2D eigenvalue weighted by Gasteiger charge is 2.24. The standard InChI is InChI=1S/C22H20O2S2/c1-16-8-11-18(12-9-16)21(24)20(22-25-14-5-15-26-22)19(23)13-10-17-6-3-2-4-7-17/h2-4,6-13H,5,14-15H2,1H3/b13-10+. The number of rotatable bonds is 5. The Bertz CT molecular complexity index is 841. The van der Waals surface area contributed by atoms with Crippen molar-refractivity contribution in [1.82, 2.24) is 0 Å². The van der Waals surface area contributed by atoms with Crippen LogP contribution in [0.25, 0.3) is 6.08 Å². The van der Waals surface area contributed by atoms with Crippen molar-refractivity contribution in [3.05, 3.63) is 87.2 Å². The van der Waals surface area contributed by atoms with Crippen LogP contribution in [0.15, 0.2) is 70.5 Å². The molecule has 0 radical (unpaired) electrons. The number of hydrogen-bond donors (Lipinski definition) is 0. The first-order valence-electron chi connectivity index (χ1n) is 8.54. The van der Waals surface area contributed by atoms with Gasteiger partial charge in [0.1, 0.15) is 0 Å². The van der Waals surface area contributed by atoms with Crippen molar-refractivity contribution in [3.63, 3.8) is 0 Å². The molecule has 0 N–H and O–H groups in total. The van der Waals surface area contributed by atoms with Crippen LogP contribution < -0.4 is 0 Å². The summed E-state index contributed by atoms with van der Waals surface area (Å²) in [4.78, 5) is 26.0. The Labute approximate surface area is 162 Å². The van der Waals surface area contributed by atoms with Crippen LogP contribution in [-0.2, 0) is 4.79 Å². The van der Waals surface area contributed by atoms with E-state index in [9.17, 15) is 9.59 Å². The minimum absolute atomic E-state index is 0.190. The lowest BCUT2D eigenvalue weighted by Gasteiger charge is -2.16. The smallest absolute Gasteiger partial charge is 0.198 e. The second-order valence-corrected chi connectivity index (χ2v) is 8.49. The highest BCUT2D eigenvalue weighted by molar-refractivity contribution is 8.22. The van der Waals surface area contributed by atoms with Gasteiger partial charge in [-0.15, -0.1) is 23.5 Å². The Kier molecular flexibility index (Phi) is 6.53. The lowest BCUT2D eigenvalue weighted by Crippen LogP contribution is -2.14. The molecule has 1 aliphatic heterocycles. The first-order chi connectivity index (χ1) is 12.6. The molecule has 2 nitrogen and oxygen atoms in total. The molecule has 1 aliphatic rings. The molecule has 4 heteroatoms. The van der Waals surface area contributed by atoms with Gasteiger partial charge in [0, 0.05) is 5.56 Å². The van der Waals surface area contributed by atoms with E-state index in [-0.39, 0.29) is 11.6 Å². The summed E-state index contributed by atoms with van der Waals surface area (Å²) < 4.78 is 0.851. The molecular formula is C22H20O2S2. The number of hydrogen-bond acceptors (Lipinski definition) is 4. The molecule has 132 valence electrons. The second kappa shape index (κ2) is 9.06. The van der Waals surface area contributed by atoms with Crippen molar-refractivity contribution in [2.24, 2.45) is 0 Å². The molecule has 1 heterocycles. The lowest BCUT2D eigenvalue weighted by atomic mass is 10.00. The summed E-state index contributed by atoms with van der Waals surface area (Å²) >= 11 is 3.23. The number of carbonyl (C=O) groups is 2. The van der Waals surface area contributed by atoms with E-state index in [1.807, 2.05) is 49.4 Å². The van der Waals surface area contributed by atoms with E-state index >= 15 is 0 Å². The third-order valence-corrected chi connectivity index (χ3v) is 6.60. The van der Waals surface area contributed by atoms with Gasteiger partial charge in [0.2, 0.25) is 0 Å². The molecule has 0 amide bonds. The fourth-order valence-electron chi connectivity index (χ4n) is 2.55. The molecule has 1 fully saturated rings. The van der Waals surface area contributed by atoms with Gasteiger partial charge in [-0.2, -0.15) is 0 Å². The van der Waals surface area contributed by atoms with Crippen LogP contribution >= 0.6 is 23.5 Å². The average molecular weight is 381 g/mol. The maximum atomic E-state index is 13.1.